The Morgan fingerprint density at radius 1 is 1.17 bits per heavy atom. The highest BCUT2D eigenvalue weighted by atomic mass is 79.9. The van der Waals surface area contributed by atoms with Gasteiger partial charge in [-0.2, -0.15) is 0 Å². The minimum atomic E-state index is -0.0930. The first-order chi connectivity index (χ1) is 11.7. The van der Waals surface area contributed by atoms with Crippen LogP contribution in [0.1, 0.15) is 18.4 Å². The second-order valence-electron chi connectivity index (χ2n) is 6.17. The lowest BCUT2D eigenvalue weighted by molar-refractivity contribution is 0.257. The number of benzene rings is 1. The van der Waals surface area contributed by atoms with Crippen molar-refractivity contribution in [2.24, 2.45) is 0 Å². The lowest BCUT2D eigenvalue weighted by atomic mass is 10.2. The standard InChI is InChI=1S/C18H19BrN4O/c19-14-5-6-16-13(12-14)7-11-23(16)18(24)21-15-4-3-8-20-17(15)22-9-1-2-10-22/h3-6,8,12H,1-2,7,9-11H2,(H,21,24). The first-order valence-electron chi connectivity index (χ1n) is 8.29. The van der Waals surface area contributed by atoms with E-state index in [0.717, 1.165) is 41.2 Å². The maximum Gasteiger partial charge on any atom is 0.326 e. The lowest BCUT2D eigenvalue weighted by Crippen LogP contribution is -2.34. The molecule has 0 radical (unpaired) electrons. The van der Waals surface area contributed by atoms with Crippen molar-refractivity contribution in [1.29, 1.82) is 0 Å². The summed E-state index contributed by atoms with van der Waals surface area (Å²) in [5.41, 5.74) is 2.97. The molecule has 2 aromatic rings. The van der Waals surface area contributed by atoms with Crippen LogP contribution >= 0.6 is 15.9 Å². The summed E-state index contributed by atoms with van der Waals surface area (Å²) in [6.07, 6.45) is 5.02. The highest BCUT2D eigenvalue weighted by Gasteiger charge is 2.26. The molecule has 24 heavy (non-hydrogen) atoms. The molecule has 1 aromatic carbocycles. The van der Waals surface area contributed by atoms with E-state index in [1.807, 2.05) is 29.2 Å². The molecule has 0 aliphatic carbocycles. The predicted octanol–water partition coefficient (Wildman–Crippen LogP) is 4.04. The number of halogens is 1. The van der Waals surface area contributed by atoms with Gasteiger partial charge in [0.05, 0.1) is 5.69 Å². The molecule has 1 aromatic heterocycles. The fourth-order valence-corrected chi connectivity index (χ4v) is 3.85. The van der Waals surface area contributed by atoms with Crippen molar-refractivity contribution in [3.8, 4) is 0 Å². The summed E-state index contributed by atoms with van der Waals surface area (Å²) >= 11 is 3.49. The molecule has 0 atom stereocenters. The van der Waals surface area contributed by atoms with Crippen molar-refractivity contribution in [2.45, 2.75) is 19.3 Å². The third kappa shape index (κ3) is 2.86. The van der Waals surface area contributed by atoms with E-state index in [4.69, 9.17) is 0 Å². The SMILES string of the molecule is O=C(Nc1cccnc1N1CCCC1)N1CCc2cc(Br)ccc21. The van der Waals surface area contributed by atoms with E-state index in [0.29, 0.717) is 6.54 Å². The number of urea groups is 1. The molecule has 3 heterocycles. The number of rotatable bonds is 2. The van der Waals surface area contributed by atoms with Crippen LogP contribution < -0.4 is 15.1 Å². The average Bonchev–Trinajstić information content (AvgIpc) is 3.24. The Hall–Kier alpha value is -2.08. The van der Waals surface area contributed by atoms with E-state index in [9.17, 15) is 4.79 Å². The molecule has 0 spiro atoms. The van der Waals surface area contributed by atoms with Gasteiger partial charge < -0.3 is 10.2 Å². The number of amides is 2. The van der Waals surface area contributed by atoms with Gasteiger partial charge in [-0.3, -0.25) is 4.90 Å². The van der Waals surface area contributed by atoms with Gasteiger partial charge in [-0.25, -0.2) is 9.78 Å². The van der Waals surface area contributed by atoms with Crippen molar-refractivity contribution in [2.75, 3.05) is 34.8 Å². The van der Waals surface area contributed by atoms with Gasteiger partial charge in [0.15, 0.2) is 5.82 Å². The molecule has 0 saturated carbocycles. The Bertz CT molecular complexity index is 773. The summed E-state index contributed by atoms with van der Waals surface area (Å²) in [4.78, 5) is 21.3. The van der Waals surface area contributed by atoms with E-state index in [2.05, 4.69) is 37.2 Å². The van der Waals surface area contributed by atoms with Gasteiger partial charge in [0.25, 0.3) is 0 Å². The van der Waals surface area contributed by atoms with Crippen LogP contribution in [0.5, 0.6) is 0 Å². The number of nitrogens with zero attached hydrogens (tertiary/aromatic N) is 3. The highest BCUT2D eigenvalue weighted by molar-refractivity contribution is 9.10. The summed E-state index contributed by atoms with van der Waals surface area (Å²) in [5.74, 6) is 0.874. The first kappa shape index (κ1) is 15.4. The molecule has 2 amide bonds. The van der Waals surface area contributed by atoms with Gasteiger partial charge in [0.1, 0.15) is 0 Å². The fraction of sp³-hybridized carbons (Fsp3) is 0.333. The molecular weight excluding hydrogens is 368 g/mol. The van der Waals surface area contributed by atoms with E-state index in [1.54, 1.807) is 6.20 Å². The van der Waals surface area contributed by atoms with E-state index >= 15 is 0 Å². The van der Waals surface area contributed by atoms with Crippen molar-refractivity contribution in [3.63, 3.8) is 0 Å². The summed E-state index contributed by atoms with van der Waals surface area (Å²) in [6, 6.07) is 9.76. The van der Waals surface area contributed by atoms with Gasteiger partial charge in [0.2, 0.25) is 0 Å². The van der Waals surface area contributed by atoms with Crippen molar-refractivity contribution in [1.82, 2.24) is 4.98 Å². The minimum absolute atomic E-state index is 0.0930. The second kappa shape index (κ2) is 6.43. The quantitative estimate of drug-likeness (QED) is 0.846. The zero-order valence-electron chi connectivity index (χ0n) is 13.3. The normalized spacial score (nSPS) is 16.4. The molecule has 124 valence electrons. The molecule has 5 nitrogen and oxygen atoms in total. The third-order valence-corrected chi connectivity index (χ3v) is 5.11. The molecule has 2 aliphatic rings. The van der Waals surface area contributed by atoms with Crippen LogP contribution in [0, 0.1) is 0 Å². The Labute approximate surface area is 149 Å². The van der Waals surface area contributed by atoms with Gasteiger partial charge in [-0.1, -0.05) is 15.9 Å². The molecule has 2 aliphatic heterocycles. The second-order valence-corrected chi connectivity index (χ2v) is 7.09. The molecule has 1 N–H and O–H groups in total. The van der Waals surface area contributed by atoms with Crippen LogP contribution in [0.4, 0.5) is 22.0 Å². The molecule has 1 fully saturated rings. The summed E-state index contributed by atoms with van der Waals surface area (Å²) < 4.78 is 1.05. The first-order valence-corrected chi connectivity index (χ1v) is 9.08. The number of pyridine rings is 1. The Morgan fingerprint density at radius 2 is 2.00 bits per heavy atom. The van der Waals surface area contributed by atoms with Crippen molar-refractivity contribution < 1.29 is 4.79 Å². The van der Waals surface area contributed by atoms with Crippen molar-refractivity contribution >= 4 is 39.2 Å². The fourth-order valence-electron chi connectivity index (χ4n) is 3.44. The number of hydrogen-bond donors (Lipinski definition) is 1. The molecule has 1 saturated heterocycles. The summed E-state index contributed by atoms with van der Waals surface area (Å²) in [6.45, 7) is 2.71. The zero-order valence-corrected chi connectivity index (χ0v) is 14.9. The topological polar surface area (TPSA) is 48.5 Å². The van der Waals surface area contributed by atoms with Gasteiger partial charge >= 0.3 is 6.03 Å². The van der Waals surface area contributed by atoms with Gasteiger partial charge in [0, 0.05) is 36.0 Å². The average molecular weight is 387 g/mol. The van der Waals surface area contributed by atoms with E-state index in [-0.39, 0.29) is 6.03 Å². The molecule has 4 rings (SSSR count). The number of nitrogens with one attached hydrogen (secondary N) is 1. The van der Waals surface area contributed by atoms with Crippen LogP contribution in [-0.2, 0) is 6.42 Å². The highest BCUT2D eigenvalue weighted by Crippen LogP contribution is 2.32. The van der Waals surface area contributed by atoms with Crippen molar-refractivity contribution in [3.05, 3.63) is 46.6 Å². The van der Waals surface area contributed by atoms with Crippen LogP contribution in [0.3, 0.4) is 0 Å². The van der Waals surface area contributed by atoms with Crippen LogP contribution in [0.25, 0.3) is 0 Å². The van der Waals surface area contributed by atoms with E-state index < -0.39 is 0 Å². The van der Waals surface area contributed by atoms with Gasteiger partial charge in [-0.05, 0) is 55.2 Å². The predicted molar refractivity (Wildman–Crippen MR) is 99.9 cm³/mol. The Morgan fingerprint density at radius 3 is 2.83 bits per heavy atom. The zero-order chi connectivity index (χ0) is 16.5. The maximum absolute atomic E-state index is 12.8. The molecule has 0 bridgehead atoms. The smallest absolute Gasteiger partial charge is 0.326 e. The summed E-state index contributed by atoms with van der Waals surface area (Å²) in [7, 11) is 0. The van der Waals surface area contributed by atoms with Crippen LogP contribution in [-0.4, -0.2) is 30.6 Å². The number of fused-ring (bicyclic) bond motifs is 1. The van der Waals surface area contributed by atoms with Crippen LogP contribution in [0.15, 0.2) is 41.0 Å². The molecular formula is C18H19BrN4O. The Balaban J connectivity index is 1.56. The monoisotopic (exact) mass is 386 g/mol. The summed E-state index contributed by atoms with van der Waals surface area (Å²) in [5, 5.41) is 3.06. The molecule has 6 heteroatoms. The number of carbonyl (C=O) groups excluding carboxylic acids is 1. The van der Waals surface area contributed by atoms with Gasteiger partial charge in [-0.15, -0.1) is 0 Å². The lowest BCUT2D eigenvalue weighted by Gasteiger charge is -2.22. The van der Waals surface area contributed by atoms with E-state index in [1.165, 1.54) is 18.4 Å². The number of hydrogen-bond acceptors (Lipinski definition) is 3. The third-order valence-electron chi connectivity index (χ3n) is 4.62. The number of carbonyl (C=O) groups is 1. The van der Waals surface area contributed by atoms with Crippen LogP contribution in [0.2, 0.25) is 0 Å². The largest absolute Gasteiger partial charge is 0.355 e. The maximum atomic E-state index is 12.8. The number of aromatic nitrogens is 1. The Kier molecular flexibility index (Phi) is 4.14. The molecule has 0 unspecified atom stereocenters. The number of anilines is 3. The minimum Gasteiger partial charge on any atom is -0.355 e.